The number of fused-ring (bicyclic) bond motifs is 1. The average molecular weight is 421 g/mol. The first kappa shape index (κ1) is 23.3. The van der Waals surface area contributed by atoms with E-state index >= 15 is 0 Å². The van der Waals surface area contributed by atoms with Gasteiger partial charge in [-0.1, -0.05) is 30.3 Å². The van der Waals surface area contributed by atoms with Crippen molar-refractivity contribution in [2.45, 2.75) is 13.8 Å². The number of rotatable bonds is 9. The highest BCUT2D eigenvalue weighted by molar-refractivity contribution is 6.00. The van der Waals surface area contributed by atoms with E-state index in [1.54, 1.807) is 0 Å². The van der Waals surface area contributed by atoms with E-state index in [9.17, 15) is 4.79 Å². The van der Waals surface area contributed by atoms with E-state index in [1.807, 2.05) is 18.7 Å². The quantitative estimate of drug-likeness (QED) is 0.652. The molecule has 7 heteroatoms. The lowest BCUT2D eigenvalue weighted by molar-refractivity contribution is -0.128. The van der Waals surface area contributed by atoms with Gasteiger partial charge in [0.25, 0.3) is 0 Å². The first-order chi connectivity index (χ1) is 13.7. The minimum Gasteiger partial charge on any atom is -0.382 e. The summed E-state index contributed by atoms with van der Waals surface area (Å²) in [5.41, 5.74) is 2.04. The molecule has 160 valence electrons. The molecule has 1 heterocycles. The van der Waals surface area contributed by atoms with Crippen molar-refractivity contribution >= 4 is 40.5 Å². The molecule has 0 saturated carbocycles. The zero-order valence-electron chi connectivity index (χ0n) is 17.4. The second kappa shape index (κ2) is 11.9. The number of nitrogens with one attached hydrogen (secondary N) is 2. The molecule has 1 aliphatic heterocycles. The van der Waals surface area contributed by atoms with Gasteiger partial charge in [0.1, 0.15) is 0 Å². The van der Waals surface area contributed by atoms with Crippen molar-refractivity contribution in [1.82, 2.24) is 9.80 Å². The van der Waals surface area contributed by atoms with Crippen LogP contribution in [0, 0.1) is 0 Å². The van der Waals surface area contributed by atoms with Gasteiger partial charge < -0.3 is 20.3 Å². The van der Waals surface area contributed by atoms with E-state index in [0.717, 1.165) is 63.9 Å². The second-order valence-corrected chi connectivity index (χ2v) is 7.01. The van der Waals surface area contributed by atoms with Gasteiger partial charge >= 0.3 is 0 Å². The third-order valence-electron chi connectivity index (χ3n) is 5.31. The molecule has 1 fully saturated rings. The van der Waals surface area contributed by atoms with Gasteiger partial charge in [-0.05, 0) is 25.3 Å². The van der Waals surface area contributed by atoms with E-state index in [2.05, 4.69) is 51.9 Å². The Morgan fingerprint density at radius 1 is 1.07 bits per heavy atom. The summed E-state index contributed by atoms with van der Waals surface area (Å²) in [6.07, 6.45) is 0. The van der Waals surface area contributed by atoms with E-state index in [1.165, 1.54) is 10.8 Å². The van der Waals surface area contributed by atoms with Gasteiger partial charge in [-0.25, -0.2) is 0 Å². The molecule has 1 amide bonds. The number of hydrogen-bond donors (Lipinski definition) is 2. The molecular formula is C22H33ClN4O2. The van der Waals surface area contributed by atoms with E-state index in [4.69, 9.17) is 4.74 Å². The zero-order chi connectivity index (χ0) is 19.8. The number of nitrogens with zero attached hydrogens (tertiary/aromatic N) is 2. The molecule has 2 aromatic carbocycles. The van der Waals surface area contributed by atoms with Crippen LogP contribution >= 0.6 is 12.4 Å². The molecule has 0 atom stereocenters. The molecule has 0 aliphatic carbocycles. The average Bonchev–Trinajstić information content (AvgIpc) is 2.74. The lowest BCUT2D eigenvalue weighted by atomic mass is 10.1. The Morgan fingerprint density at radius 2 is 1.79 bits per heavy atom. The highest BCUT2D eigenvalue weighted by Crippen LogP contribution is 2.31. The molecule has 2 aromatic rings. The number of hydrogen-bond acceptors (Lipinski definition) is 5. The monoisotopic (exact) mass is 420 g/mol. The second-order valence-electron chi connectivity index (χ2n) is 7.01. The number of halogens is 1. The molecule has 0 bridgehead atoms. The largest absolute Gasteiger partial charge is 0.382 e. The lowest BCUT2D eigenvalue weighted by Gasteiger charge is -2.27. The SMILES string of the molecule is CCN(CC)C(=O)CNc1ccc2ccccc2c1NCCN1CCOCC1.Cl. The summed E-state index contributed by atoms with van der Waals surface area (Å²) < 4.78 is 5.43. The van der Waals surface area contributed by atoms with Crippen LogP contribution < -0.4 is 10.6 Å². The molecule has 0 spiro atoms. The molecule has 1 aliphatic rings. The van der Waals surface area contributed by atoms with Crippen LogP contribution in [0.5, 0.6) is 0 Å². The topological polar surface area (TPSA) is 56.8 Å². The Morgan fingerprint density at radius 3 is 2.52 bits per heavy atom. The summed E-state index contributed by atoms with van der Waals surface area (Å²) in [7, 11) is 0. The van der Waals surface area contributed by atoms with Crippen molar-refractivity contribution in [3.05, 3.63) is 36.4 Å². The van der Waals surface area contributed by atoms with Crippen molar-refractivity contribution in [3.8, 4) is 0 Å². The summed E-state index contributed by atoms with van der Waals surface area (Å²) in [5.74, 6) is 0.123. The highest BCUT2D eigenvalue weighted by Gasteiger charge is 2.13. The number of carbonyl (C=O) groups is 1. The third-order valence-corrected chi connectivity index (χ3v) is 5.31. The summed E-state index contributed by atoms with van der Waals surface area (Å²) in [6, 6.07) is 12.5. The van der Waals surface area contributed by atoms with Crippen molar-refractivity contribution in [2.24, 2.45) is 0 Å². The van der Waals surface area contributed by atoms with E-state index < -0.39 is 0 Å². The standard InChI is InChI=1S/C22H32N4O2.ClH/c1-3-26(4-2)21(27)17-24-20-10-9-18-7-5-6-8-19(18)22(20)23-11-12-25-13-15-28-16-14-25;/h5-10,23-24H,3-4,11-17H2,1-2H3;1H. The summed E-state index contributed by atoms with van der Waals surface area (Å²) in [4.78, 5) is 16.7. The van der Waals surface area contributed by atoms with Crippen LogP contribution in [0.25, 0.3) is 10.8 Å². The summed E-state index contributed by atoms with van der Waals surface area (Å²) in [5, 5.41) is 9.33. The number of ether oxygens (including phenoxy) is 1. The molecule has 0 unspecified atom stereocenters. The maximum absolute atomic E-state index is 12.4. The fourth-order valence-corrected chi connectivity index (χ4v) is 3.63. The Hall–Kier alpha value is -2.02. The van der Waals surface area contributed by atoms with Gasteiger partial charge in [0.2, 0.25) is 5.91 Å². The van der Waals surface area contributed by atoms with Gasteiger partial charge in [-0.2, -0.15) is 0 Å². The Labute approximate surface area is 180 Å². The van der Waals surface area contributed by atoms with Crippen molar-refractivity contribution in [1.29, 1.82) is 0 Å². The van der Waals surface area contributed by atoms with Crippen LogP contribution in [0.2, 0.25) is 0 Å². The number of likely N-dealkylation sites (N-methyl/N-ethyl adjacent to an activating group) is 1. The van der Waals surface area contributed by atoms with Crippen molar-refractivity contribution < 1.29 is 9.53 Å². The molecule has 1 saturated heterocycles. The van der Waals surface area contributed by atoms with Crippen LogP contribution in [0.1, 0.15) is 13.8 Å². The van der Waals surface area contributed by atoms with Crippen LogP contribution in [-0.2, 0) is 9.53 Å². The fourth-order valence-electron chi connectivity index (χ4n) is 3.63. The van der Waals surface area contributed by atoms with Crippen LogP contribution in [0.3, 0.4) is 0 Å². The minimum atomic E-state index is 0. The molecule has 2 N–H and O–H groups in total. The van der Waals surface area contributed by atoms with E-state index in [-0.39, 0.29) is 18.3 Å². The van der Waals surface area contributed by atoms with Gasteiger partial charge in [0.15, 0.2) is 0 Å². The number of carbonyl (C=O) groups excluding carboxylic acids is 1. The lowest BCUT2D eigenvalue weighted by Crippen LogP contribution is -2.39. The smallest absolute Gasteiger partial charge is 0.241 e. The molecule has 29 heavy (non-hydrogen) atoms. The van der Waals surface area contributed by atoms with Gasteiger partial charge in [0, 0.05) is 44.7 Å². The molecule has 6 nitrogen and oxygen atoms in total. The van der Waals surface area contributed by atoms with Crippen LogP contribution in [-0.4, -0.2) is 74.7 Å². The summed E-state index contributed by atoms with van der Waals surface area (Å²) >= 11 is 0. The Balaban J connectivity index is 0.00000300. The first-order valence-electron chi connectivity index (χ1n) is 10.3. The third kappa shape index (κ3) is 6.23. The predicted molar refractivity (Wildman–Crippen MR) is 123 cm³/mol. The molecule has 3 rings (SSSR count). The number of morpholine rings is 1. The minimum absolute atomic E-state index is 0. The predicted octanol–water partition coefficient (Wildman–Crippen LogP) is 3.29. The van der Waals surface area contributed by atoms with Crippen molar-refractivity contribution in [2.75, 3.05) is 69.7 Å². The van der Waals surface area contributed by atoms with Crippen LogP contribution in [0.4, 0.5) is 11.4 Å². The number of anilines is 2. The molecular weight excluding hydrogens is 388 g/mol. The maximum atomic E-state index is 12.4. The molecule has 0 aromatic heterocycles. The first-order valence-corrected chi connectivity index (χ1v) is 10.3. The summed E-state index contributed by atoms with van der Waals surface area (Å²) in [6.45, 7) is 11.2. The number of benzene rings is 2. The van der Waals surface area contributed by atoms with Crippen molar-refractivity contribution in [3.63, 3.8) is 0 Å². The maximum Gasteiger partial charge on any atom is 0.241 e. The molecule has 0 radical (unpaired) electrons. The van der Waals surface area contributed by atoms with Gasteiger partial charge in [0.05, 0.1) is 31.1 Å². The van der Waals surface area contributed by atoms with Crippen LogP contribution in [0.15, 0.2) is 36.4 Å². The Bertz CT molecular complexity index is 776. The normalized spacial score (nSPS) is 14.3. The van der Waals surface area contributed by atoms with Gasteiger partial charge in [-0.3, -0.25) is 9.69 Å². The zero-order valence-corrected chi connectivity index (χ0v) is 18.3. The number of amides is 1. The van der Waals surface area contributed by atoms with Gasteiger partial charge in [-0.15, -0.1) is 12.4 Å². The Kier molecular flexibility index (Phi) is 9.51. The van der Waals surface area contributed by atoms with E-state index in [0.29, 0.717) is 6.54 Å². The highest BCUT2D eigenvalue weighted by atomic mass is 35.5. The fraction of sp³-hybridized carbons (Fsp3) is 0.500.